The fourth-order valence-corrected chi connectivity index (χ4v) is 2.76. The largest absolute Gasteiger partial charge is 0.493 e. The molecule has 0 aromatic heterocycles. The molecule has 0 atom stereocenters. The Morgan fingerprint density at radius 3 is 2.56 bits per heavy atom. The van der Waals surface area contributed by atoms with Crippen molar-refractivity contribution in [1.82, 2.24) is 4.90 Å². The Labute approximate surface area is 159 Å². The maximum atomic E-state index is 6.15. The molecule has 0 unspecified atom stereocenters. The summed E-state index contributed by atoms with van der Waals surface area (Å²) in [5.41, 5.74) is 3.07. The van der Waals surface area contributed by atoms with E-state index in [1.807, 2.05) is 55.3 Å². The van der Waals surface area contributed by atoms with Gasteiger partial charge in [0, 0.05) is 24.3 Å². The number of likely N-dealkylation sites (N-methyl/N-ethyl adjacent to an activating group) is 1. The Morgan fingerprint density at radius 2 is 1.88 bits per heavy atom. The van der Waals surface area contributed by atoms with Crippen molar-refractivity contribution in [2.24, 2.45) is 0 Å². The lowest BCUT2D eigenvalue weighted by atomic mass is 10.1. The third kappa shape index (κ3) is 5.00. The Kier molecular flexibility index (Phi) is 6.91. The SMILES string of the molecule is COc1ccc(CCN(C)C(=S)Nc2cccc(Cl)c2C)cc1OC. The molecule has 0 saturated heterocycles. The summed E-state index contributed by atoms with van der Waals surface area (Å²) in [7, 11) is 5.24. The Hall–Kier alpha value is -1.98. The summed E-state index contributed by atoms with van der Waals surface area (Å²) >= 11 is 11.6. The van der Waals surface area contributed by atoms with Gasteiger partial charge in [-0.05, 0) is 61.0 Å². The minimum Gasteiger partial charge on any atom is -0.493 e. The highest BCUT2D eigenvalue weighted by atomic mass is 35.5. The number of benzene rings is 2. The van der Waals surface area contributed by atoms with Gasteiger partial charge < -0.3 is 19.7 Å². The number of hydrogen-bond donors (Lipinski definition) is 1. The van der Waals surface area contributed by atoms with Crippen LogP contribution in [0.4, 0.5) is 5.69 Å². The van der Waals surface area contributed by atoms with Crippen LogP contribution in [0.2, 0.25) is 5.02 Å². The zero-order valence-electron chi connectivity index (χ0n) is 14.9. The fourth-order valence-electron chi connectivity index (χ4n) is 2.39. The first kappa shape index (κ1) is 19.3. The molecule has 4 nitrogen and oxygen atoms in total. The monoisotopic (exact) mass is 378 g/mol. The molecular formula is C19H23ClN2O2S. The molecule has 2 aromatic rings. The number of halogens is 1. The van der Waals surface area contributed by atoms with Crippen molar-refractivity contribution in [1.29, 1.82) is 0 Å². The summed E-state index contributed by atoms with van der Waals surface area (Å²) < 4.78 is 10.6. The Bertz CT molecular complexity index is 752. The minimum atomic E-state index is 0.658. The molecule has 0 aliphatic rings. The van der Waals surface area contributed by atoms with E-state index in [1.54, 1.807) is 14.2 Å². The van der Waals surface area contributed by atoms with E-state index in [9.17, 15) is 0 Å². The van der Waals surface area contributed by atoms with E-state index in [0.717, 1.165) is 46.3 Å². The van der Waals surface area contributed by atoms with Gasteiger partial charge in [-0.15, -0.1) is 0 Å². The first-order chi connectivity index (χ1) is 12.0. The molecule has 134 valence electrons. The number of ether oxygens (including phenoxy) is 2. The number of anilines is 1. The third-order valence-electron chi connectivity index (χ3n) is 4.04. The van der Waals surface area contributed by atoms with Crippen molar-refractivity contribution in [2.75, 3.05) is 33.1 Å². The second kappa shape index (κ2) is 8.92. The van der Waals surface area contributed by atoms with E-state index in [4.69, 9.17) is 33.3 Å². The summed E-state index contributed by atoms with van der Waals surface area (Å²) in [5.74, 6) is 1.46. The maximum absolute atomic E-state index is 6.15. The van der Waals surface area contributed by atoms with Crippen molar-refractivity contribution in [3.8, 4) is 11.5 Å². The van der Waals surface area contributed by atoms with Crippen molar-refractivity contribution >= 4 is 34.6 Å². The highest BCUT2D eigenvalue weighted by molar-refractivity contribution is 7.80. The van der Waals surface area contributed by atoms with Crippen molar-refractivity contribution in [3.05, 3.63) is 52.5 Å². The van der Waals surface area contributed by atoms with E-state index in [1.165, 1.54) is 0 Å². The van der Waals surface area contributed by atoms with Crippen molar-refractivity contribution in [2.45, 2.75) is 13.3 Å². The predicted molar refractivity (Wildman–Crippen MR) is 108 cm³/mol. The first-order valence-corrected chi connectivity index (χ1v) is 8.73. The standard InChI is InChI=1S/C19H23ClN2O2S/c1-13-15(20)6-5-7-16(13)21-19(25)22(2)11-10-14-8-9-17(23-3)18(12-14)24-4/h5-9,12H,10-11H2,1-4H3,(H,21,25). The van der Waals surface area contributed by atoms with E-state index in [-0.39, 0.29) is 0 Å². The van der Waals surface area contributed by atoms with Gasteiger partial charge in [0.2, 0.25) is 0 Å². The maximum Gasteiger partial charge on any atom is 0.173 e. The van der Waals surface area contributed by atoms with Gasteiger partial charge in [0.05, 0.1) is 14.2 Å². The second-order valence-electron chi connectivity index (χ2n) is 5.70. The van der Waals surface area contributed by atoms with Crippen LogP contribution < -0.4 is 14.8 Å². The van der Waals surface area contributed by atoms with Crippen LogP contribution in [0.3, 0.4) is 0 Å². The van der Waals surface area contributed by atoms with Gasteiger partial charge in [-0.2, -0.15) is 0 Å². The van der Waals surface area contributed by atoms with Crippen LogP contribution in [-0.4, -0.2) is 37.8 Å². The van der Waals surface area contributed by atoms with E-state index >= 15 is 0 Å². The highest BCUT2D eigenvalue weighted by Crippen LogP contribution is 2.28. The Balaban J connectivity index is 1.96. The molecule has 0 fully saturated rings. The number of nitrogens with zero attached hydrogens (tertiary/aromatic N) is 1. The predicted octanol–water partition coefficient (Wildman–Crippen LogP) is 4.54. The molecule has 0 aliphatic heterocycles. The number of nitrogens with one attached hydrogen (secondary N) is 1. The average Bonchev–Trinajstić information content (AvgIpc) is 2.63. The van der Waals surface area contributed by atoms with Gasteiger partial charge in [0.15, 0.2) is 16.6 Å². The van der Waals surface area contributed by atoms with E-state index in [0.29, 0.717) is 5.11 Å². The molecule has 1 N–H and O–H groups in total. The zero-order chi connectivity index (χ0) is 18.4. The first-order valence-electron chi connectivity index (χ1n) is 7.94. The van der Waals surface area contributed by atoms with Crippen LogP contribution >= 0.6 is 23.8 Å². The molecule has 6 heteroatoms. The molecule has 0 amide bonds. The highest BCUT2D eigenvalue weighted by Gasteiger charge is 2.09. The fraction of sp³-hybridized carbons (Fsp3) is 0.316. The normalized spacial score (nSPS) is 10.3. The Morgan fingerprint density at radius 1 is 1.16 bits per heavy atom. The summed E-state index contributed by atoms with van der Waals surface area (Å²) in [6, 6.07) is 11.7. The second-order valence-corrected chi connectivity index (χ2v) is 6.50. The van der Waals surface area contributed by atoms with Crippen molar-refractivity contribution < 1.29 is 9.47 Å². The number of thiocarbonyl (C=S) groups is 1. The lowest BCUT2D eigenvalue weighted by molar-refractivity contribution is 0.354. The van der Waals surface area contributed by atoms with Gasteiger partial charge in [0.1, 0.15) is 0 Å². The average molecular weight is 379 g/mol. The molecule has 0 bridgehead atoms. The van der Waals surface area contributed by atoms with Crippen LogP contribution in [0.1, 0.15) is 11.1 Å². The summed E-state index contributed by atoms with van der Waals surface area (Å²) in [6.07, 6.45) is 0.840. The molecule has 2 aromatic carbocycles. The van der Waals surface area contributed by atoms with Crippen LogP contribution in [0.15, 0.2) is 36.4 Å². The number of methoxy groups -OCH3 is 2. The van der Waals surface area contributed by atoms with Gasteiger partial charge in [-0.1, -0.05) is 23.7 Å². The molecule has 25 heavy (non-hydrogen) atoms. The number of rotatable bonds is 6. The van der Waals surface area contributed by atoms with Gasteiger partial charge in [0.25, 0.3) is 0 Å². The molecular weight excluding hydrogens is 356 g/mol. The summed E-state index contributed by atoms with van der Waals surface area (Å²) in [5, 5.41) is 4.64. The van der Waals surface area contributed by atoms with Gasteiger partial charge in [-0.25, -0.2) is 0 Å². The molecule has 0 radical (unpaired) electrons. The zero-order valence-corrected chi connectivity index (χ0v) is 16.5. The lowest BCUT2D eigenvalue weighted by Gasteiger charge is -2.22. The van der Waals surface area contributed by atoms with E-state index in [2.05, 4.69) is 5.32 Å². The van der Waals surface area contributed by atoms with Gasteiger partial charge >= 0.3 is 0 Å². The van der Waals surface area contributed by atoms with Gasteiger partial charge in [-0.3, -0.25) is 0 Å². The number of hydrogen-bond acceptors (Lipinski definition) is 3. The molecule has 0 heterocycles. The van der Waals surface area contributed by atoms with Crippen LogP contribution in [0.25, 0.3) is 0 Å². The van der Waals surface area contributed by atoms with Crippen LogP contribution in [-0.2, 0) is 6.42 Å². The molecule has 2 rings (SSSR count). The quantitative estimate of drug-likeness (QED) is 0.746. The molecule has 0 saturated carbocycles. The lowest BCUT2D eigenvalue weighted by Crippen LogP contribution is -2.33. The minimum absolute atomic E-state index is 0.658. The van der Waals surface area contributed by atoms with Crippen LogP contribution in [0.5, 0.6) is 11.5 Å². The third-order valence-corrected chi connectivity index (χ3v) is 4.86. The van der Waals surface area contributed by atoms with E-state index < -0.39 is 0 Å². The van der Waals surface area contributed by atoms with Crippen LogP contribution in [0, 0.1) is 6.92 Å². The van der Waals surface area contributed by atoms with Crippen molar-refractivity contribution in [3.63, 3.8) is 0 Å². The molecule has 0 aliphatic carbocycles. The summed E-state index contributed by atoms with van der Waals surface area (Å²) in [4.78, 5) is 2.01. The topological polar surface area (TPSA) is 33.7 Å². The smallest absolute Gasteiger partial charge is 0.173 e. The summed E-state index contributed by atoms with van der Waals surface area (Å²) in [6.45, 7) is 2.75. The molecule has 0 spiro atoms.